The summed E-state index contributed by atoms with van der Waals surface area (Å²) in [6, 6.07) is -0.451. The van der Waals surface area contributed by atoms with Crippen molar-refractivity contribution in [2.45, 2.75) is 33.2 Å². The predicted molar refractivity (Wildman–Crippen MR) is 103 cm³/mol. The molecule has 1 saturated heterocycles. The summed E-state index contributed by atoms with van der Waals surface area (Å²) in [5.41, 5.74) is 9.64. The van der Waals surface area contributed by atoms with Crippen LogP contribution in [-0.2, 0) is 14.4 Å². The highest BCUT2D eigenvalue weighted by Gasteiger charge is 2.50. The number of aliphatic hydroxyl groups is 2. The molecule has 29 heavy (non-hydrogen) atoms. The lowest BCUT2D eigenvalue weighted by molar-refractivity contribution is -0.132. The maximum absolute atomic E-state index is 11.8. The summed E-state index contributed by atoms with van der Waals surface area (Å²) in [6.45, 7) is 5.99. The molecule has 0 saturated carbocycles. The Morgan fingerprint density at radius 2 is 1.31 bits per heavy atom. The van der Waals surface area contributed by atoms with Crippen molar-refractivity contribution in [2.75, 3.05) is 26.3 Å². The van der Waals surface area contributed by atoms with Crippen LogP contribution in [0.1, 0.15) is 27.7 Å². The molecule has 12 nitrogen and oxygen atoms in total. The van der Waals surface area contributed by atoms with Crippen LogP contribution in [0, 0.1) is 0 Å². The van der Waals surface area contributed by atoms with Gasteiger partial charge in [-0.3, -0.25) is 9.69 Å². The van der Waals surface area contributed by atoms with Gasteiger partial charge >= 0.3 is 18.0 Å². The molecule has 0 bridgehead atoms. The van der Waals surface area contributed by atoms with Crippen LogP contribution in [0.2, 0.25) is 0 Å². The predicted octanol–water partition coefficient (Wildman–Crippen LogP) is -1.12. The molecular weight excluding hydrogens is 388 g/mol. The van der Waals surface area contributed by atoms with Crippen LogP contribution in [0.5, 0.6) is 0 Å². The van der Waals surface area contributed by atoms with Crippen molar-refractivity contribution < 1.29 is 39.6 Å². The number of carbonyl (C=O) groups excluding carboxylic acids is 2. The summed E-state index contributed by atoms with van der Waals surface area (Å²) in [6.07, 6.45) is 1.89. The number of rotatable bonds is 6. The van der Waals surface area contributed by atoms with Crippen molar-refractivity contribution in [3.8, 4) is 0 Å². The molecule has 0 aliphatic carbocycles. The molecule has 1 rings (SSSR count). The molecule has 0 radical (unpaired) electrons. The van der Waals surface area contributed by atoms with Gasteiger partial charge in [-0.25, -0.2) is 14.4 Å². The Labute approximate surface area is 168 Å². The first kappa shape index (κ1) is 28.1. The Morgan fingerprint density at radius 1 is 0.931 bits per heavy atom. The Balaban J connectivity index is 0. The molecule has 1 heterocycles. The molecule has 0 aromatic heterocycles. The van der Waals surface area contributed by atoms with E-state index in [2.05, 4.69) is 0 Å². The fraction of sp³-hybridized carbons (Fsp3) is 0.529. The molecular formula is C17H30N4O8. The summed E-state index contributed by atoms with van der Waals surface area (Å²) in [7, 11) is 0. The first-order valence-electron chi connectivity index (χ1n) is 8.41. The van der Waals surface area contributed by atoms with Gasteiger partial charge in [-0.1, -0.05) is 0 Å². The third kappa shape index (κ3) is 10.7. The van der Waals surface area contributed by atoms with Gasteiger partial charge in [0.2, 0.25) is 0 Å². The molecule has 166 valence electrons. The van der Waals surface area contributed by atoms with E-state index in [4.69, 9.17) is 31.9 Å². The normalized spacial score (nSPS) is 15.9. The highest BCUT2D eigenvalue weighted by Crippen LogP contribution is 2.26. The van der Waals surface area contributed by atoms with E-state index in [1.165, 1.54) is 18.7 Å². The van der Waals surface area contributed by atoms with E-state index in [1.54, 1.807) is 13.8 Å². The van der Waals surface area contributed by atoms with Crippen LogP contribution in [0.3, 0.4) is 0 Å². The number of nitrogens with zero attached hydrogens (tertiary/aromatic N) is 2. The lowest BCUT2D eigenvalue weighted by atomic mass is 10.0. The SMILES string of the molecule is C/C(N)=C/C(=O)O.C/C(N)=C/C(=O)O.CC1(C)C(=O)N(CCO)C(=O)N1CCO. The molecule has 3 amide bonds. The van der Waals surface area contributed by atoms with Crippen molar-refractivity contribution >= 4 is 23.9 Å². The van der Waals surface area contributed by atoms with Crippen LogP contribution in [0.15, 0.2) is 23.5 Å². The number of imide groups is 1. The molecule has 0 unspecified atom stereocenters. The summed E-state index contributed by atoms with van der Waals surface area (Å²) >= 11 is 0. The van der Waals surface area contributed by atoms with E-state index < -0.39 is 23.5 Å². The highest BCUT2D eigenvalue weighted by atomic mass is 16.4. The number of amides is 3. The van der Waals surface area contributed by atoms with E-state index in [0.717, 1.165) is 17.1 Å². The molecule has 1 aliphatic rings. The number of β-amino-alcohol motifs (C(OH)–C–C–N with tert-alkyl or cyclic N) is 2. The molecule has 0 aromatic rings. The van der Waals surface area contributed by atoms with Gasteiger partial charge in [0.25, 0.3) is 5.91 Å². The molecule has 0 spiro atoms. The Bertz CT molecular complexity index is 622. The van der Waals surface area contributed by atoms with Crippen LogP contribution < -0.4 is 11.5 Å². The number of carboxylic acid groups (broad SMARTS) is 2. The number of hydrogen-bond donors (Lipinski definition) is 6. The van der Waals surface area contributed by atoms with Gasteiger partial charge in [0.15, 0.2) is 0 Å². The number of allylic oxidation sites excluding steroid dienone is 2. The zero-order valence-corrected chi connectivity index (χ0v) is 17.0. The summed E-state index contributed by atoms with van der Waals surface area (Å²) in [4.78, 5) is 45.1. The van der Waals surface area contributed by atoms with E-state index in [9.17, 15) is 19.2 Å². The largest absolute Gasteiger partial charge is 0.478 e. The minimum atomic E-state index is -1.000. The van der Waals surface area contributed by atoms with E-state index in [1.807, 2.05) is 0 Å². The number of hydrogen-bond acceptors (Lipinski definition) is 8. The Morgan fingerprint density at radius 3 is 1.55 bits per heavy atom. The Kier molecular flexibility index (Phi) is 12.7. The van der Waals surface area contributed by atoms with E-state index >= 15 is 0 Å². The van der Waals surface area contributed by atoms with E-state index in [-0.39, 0.29) is 32.2 Å². The van der Waals surface area contributed by atoms with E-state index in [0.29, 0.717) is 11.4 Å². The maximum Gasteiger partial charge on any atom is 0.330 e. The molecule has 8 N–H and O–H groups in total. The monoisotopic (exact) mass is 418 g/mol. The van der Waals surface area contributed by atoms with Crippen molar-refractivity contribution in [1.82, 2.24) is 9.80 Å². The van der Waals surface area contributed by atoms with Crippen molar-refractivity contribution in [3.63, 3.8) is 0 Å². The second-order valence-electron chi connectivity index (χ2n) is 6.35. The van der Waals surface area contributed by atoms with Crippen LogP contribution >= 0.6 is 0 Å². The zero-order chi connectivity index (χ0) is 23.4. The maximum atomic E-state index is 11.8. The number of urea groups is 1. The molecule has 1 aliphatic heterocycles. The molecule has 12 heteroatoms. The molecule has 0 aromatic carbocycles. The topological polar surface area (TPSA) is 208 Å². The van der Waals surface area contributed by atoms with Crippen LogP contribution in [-0.4, -0.2) is 85.9 Å². The average Bonchev–Trinajstić information content (AvgIpc) is 2.68. The second-order valence-corrected chi connectivity index (χ2v) is 6.35. The minimum Gasteiger partial charge on any atom is -0.478 e. The minimum absolute atomic E-state index is 0.00300. The summed E-state index contributed by atoms with van der Waals surface area (Å²) in [5, 5.41) is 33.4. The quantitative estimate of drug-likeness (QED) is 0.226. The first-order chi connectivity index (χ1) is 13.2. The average molecular weight is 418 g/mol. The lowest BCUT2D eigenvalue weighted by Gasteiger charge is -2.26. The highest BCUT2D eigenvalue weighted by molar-refractivity contribution is 6.06. The number of carboxylic acids is 2. The number of aliphatic hydroxyl groups excluding tert-OH is 2. The van der Waals surface area contributed by atoms with Gasteiger partial charge in [-0.15, -0.1) is 0 Å². The van der Waals surface area contributed by atoms with Crippen LogP contribution in [0.25, 0.3) is 0 Å². The first-order valence-corrected chi connectivity index (χ1v) is 8.41. The number of aliphatic carboxylic acids is 2. The standard InChI is InChI=1S/C9H16N2O4.2C4H7NO2/c1-9(2)7(14)10(3-5-12)8(15)11(9)4-6-13;2*1-3(5)2-4(6)7/h12-13H,3-6H2,1-2H3;2*2H,5H2,1H3,(H,6,7)/b;2*3-2-. The van der Waals surface area contributed by atoms with Crippen molar-refractivity contribution in [2.24, 2.45) is 11.5 Å². The smallest absolute Gasteiger partial charge is 0.330 e. The number of nitrogens with two attached hydrogens (primary N) is 2. The van der Waals surface area contributed by atoms with Gasteiger partial charge in [-0.2, -0.15) is 0 Å². The van der Waals surface area contributed by atoms with Gasteiger partial charge in [0.05, 0.1) is 19.8 Å². The fourth-order valence-corrected chi connectivity index (χ4v) is 2.08. The number of carbonyl (C=O) groups is 4. The molecule has 1 fully saturated rings. The Hall–Kier alpha value is -3.12. The van der Waals surface area contributed by atoms with Gasteiger partial charge < -0.3 is 36.8 Å². The fourth-order valence-electron chi connectivity index (χ4n) is 2.08. The zero-order valence-electron chi connectivity index (χ0n) is 17.0. The second kappa shape index (κ2) is 13.1. The lowest BCUT2D eigenvalue weighted by Crippen LogP contribution is -2.45. The van der Waals surface area contributed by atoms with Crippen molar-refractivity contribution in [3.05, 3.63) is 23.5 Å². The van der Waals surface area contributed by atoms with Crippen LogP contribution in [0.4, 0.5) is 4.79 Å². The van der Waals surface area contributed by atoms with Gasteiger partial charge in [0, 0.05) is 30.1 Å². The third-order valence-corrected chi connectivity index (χ3v) is 3.25. The third-order valence-electron chi connectivity index (χ3n) is 3.25. The summed E-state index contributed by atoms with van der Waals surface area (Å²) < 4.78 is 0. The van der Waals surface area contributed by atoms with Crippen molar-refractivity contribution in [1.29, 1.82) is 0 Å². The van der Waals surface area contributed by atoms with Gasteiger partial charge in [-0.05, 0) is 27.7 Å². The van der Waals surface area contributed by atoms with Gasteiger partial charge in [0.1, 0.15) is 5.54 Å². The molecule has 0 atom stereocenters. The summed E-state index contributed by atoms with van der Waals surface area (Å²) in [5.74, 6) is -2.34.